The Hall–Kier alpha value is -4.47. The van der Waals surface area contributed by atoms with Crippen LogP contribution < -0.4 is 11.0 Å². The normalized spacial score (nSPS) is 14.1. The highest BCUT2D eigenvalue weighted by atomic mass is 16.3. The molecule has 1 aliphatic heterocycles. The number of rotatable bonds is 3. The van der Waals surface area contributed by atoms with Gasteiger partial charge in [-0.15, -0.1) is 0 Å². The van der Waals surface area contributed by atoms with Crippen molar-refractivity contribution in [1.82, 2.24) is 30.6 Å². The molecule has 5 rings (SSSR count). The molecule has 0 bridgehead atoms. The quantitative estimate of drug-likeness (QED) is 0.352. The molecule has 1 amide bonds. The van der Waals surface area contributed by atoms with E-state index >= 15 is 0 Å². The number of aliphatic hydroxyl groups excluding tert-OH is 1. The summed E-state index contributed by atoms with van der Waals surface area (Å²) in [5, 5.41) is 26.9. The number of fused-ring (bicyclic) bond motifs is 2. The molecule has 10 nitrogen and oxygen atoms in total. The second-order valence-electron chi connectivity index (χ2n) is 6.75. The molecule has 0 fully saturated rings. The van der Waals surface area contributed by atoms with E-state index in [0.717, 1.165) is 5.52 Å². The van der Waals surface area contributed by atoms with Crippen molar-refractivity contribution >= 4 is 39.1 Å². The van der Waals surface area contributed by atoms with E-state index in [1.807, 2.05) is 24.3 Å². The molecular formula is C20H15N7O3. The standard InChI is InChI=1S/C20H15N7O3/c21-17-15(18-22-12-7-3-4-8-13(12)23-18)14(28)9-27(17)26-20(30)16-10-5-1-2-6-11(10)19(29)25-24-16/h1-8,21,28H,9H2,(H,22,23)(H,25,29)(H,26,30). The van der Waals surface area contributed by atoms with E-state index in [1.165, 1.54) is 5.01 Å². The number of benzene rings is 2. The lowest BCUT2D eigenvalue weighted by atomic mass is 10.1. The maximum Gasteiger partial charge on any atom is 0.290 e. The number of carbonyl (C=O) groups excluding carboxylic acids is 1. The molecule has 2 aromatic carbocycles. The first kappa shape index (κ1) is 17.6. The number of imidazole rings is 1. The summed E-state index contributed by atoms with van der Waals surface area (Å²) in [7, 11) is 0. The summed E-state index contributed by atoms with van der Waals surface area (Å²) < 4.78 is 0. The van der Waals surface area contributed by atoms with Crippen LogP contribution in [0.25, 0.3) is 27.4 Å². The Labute approximate surface area is 168 Å². The minimum absolute atomic E-state index is 0.00896. The zero-order valence-corrected chi connectivity index (χ0v) is 15.4. The fourth-order valence-corrected chi connectivity index (χ4v) is 3.46. The molecule has 2 aromatic heterocycles. The molecule has 4 aromatic rings. The fraction of sp³-hybridized carbons (Fsp3) is 0.0500. The highest BCUT2D eigenvalue weighted by molar-refractivity contribution is 6.23. The number of nitrogens with zero attached hydrogens (tertiary/aromatic N) is 3. The number of nitrogens with one attached hydrogen (secondary N) is 4. The van der Waals surface area contributed by atoms with Crippen LogP contribution in [0.5, 0.6) is 0 Å². The van der Waals surface area contributed by atoms with Gasteiger partial charge in [0.15, 0.2) is 11.5 Å². The maximum absolute atomic E-state index is 12.8. The predicted octanol–water partition coefficient (Wildman–Crippen LogP) is 1.71. The second kappa shape index (κ2) is 6.55. The highest BCUT2D eigenvalue weighted by Gasteiger charge is 2.32. The number of aliphatic hydroxyl groups is 1. The zero-order valence-electron chi connectivity index (χ0n) is 15.4. The molecule has 3 heterocycles. The summed E-state index contributed by atoms with van der Waals surface area (Å²) in [5.41, 5.74) is 3.84. The number of hydrogen-bond donors (Lipinski definition) is 5. The maximum atomic E-state index is 12.8. The van der Waals surface area contributed by atoms with Gasteiger partial charge in [-0.3, -0.25) is 25.4 Å². The molecule has 10 heteroatoms. The Balaban J connectivity index is 1.43. The third kappa shape index (κ3) is 2.70. The molecule has 0 spiro atoms. The first-order valence-corrected chi connectivity index (χ1v) is 9.05. The number of aromatic amines is 2. The van der Waals surface area contributed by atoms with Crippen molar-refractivity contribution in [2.45, 2.75) is 0 Å². The molecule has 0 radical (unpaired) electrons. The van der Waals surface area contributed by atoms with Crippen molar-refractivity contribution in [3.63, 3.8) is 0 Å². The van der Waals surface area contributed by atoms with Gasteiger partial charge in [0, 0.05) is 5.39 Å². The summed E-state index contributed by atoms with van der Waals surface area (Å²) in [6.45, 7) is -0.0990. The number of aromatic nitrogens is 4. The van der Waals surface area contributed by atoms with Crippen LogP contribution in [-0.2, 0) is 0 Å². The molecule has 0 aliphatic carbocycles. The van der Waals surface area contributed by atoms with Crippen LogP contribution in [0.1, 0.15) is 16.3 Å². The fourth-order valence-electron chi connectivity index (χ4n) is 3.46. The van der Waals surface area contributed by atoms with Gasteiger partial charge in [0.1, 0.15) is 17.2 Å². The van der Waals surface area contributed by atoms with E-state index in [9.17, 15) is 14.7 Å². The lowest BCUT2D eigenvalue weighted by Gasteiger charge is -2.19. The largest absolute Gasteiger partial charge is 0.509 e. The van der Waals surface area contributed by atoms with Gasteiger partial charge in [-0.1, -0.05) is 30.3 Å². The van der Waals surface area contributed by atoms with E-state index in [-0.39, 0.29) is 29.4 Å². The van der Waals surface area contributed by atoms with Gasteiger partial charge < -0.3 is 10.1 Å². The predicted molar refractivity (Wildman–Crippen MR) is 110 cm³/mol. The summed E-state index contributed by atoms with van der Waals surface area (Å²) in [5.74, 6) is -0.499. The molecule has 0 saturated heterocycles. The first-order valence-electron chi connectivity index (χ1n) is 9.05. The van der Waals surface area contributed by atoms with Gasteiger partial charge in [-0.2, -0.15) is 5.10 Å². The minimum atomic E-state index is -0.620. The Morgan fingerprint density at radius 3 is 2.67 bits per heavy atom. The van der Waals surface area contributed by atoms with Crippen molar-refractivity contribution in [3.8, 4) is 0 Å². The first-order chi connectivity index (χ1) is 14.5. The third-order valence-electron chi connectivity index (χ3n) is 4.88. The third-order valence-corrected chi connectivity index (χ3v) is 4.88. The van der Waals surface area contributed by atoms with Crippen molar-refractivity contribution in [3.05, 3.63) is 76.2 Å². The smallest absolute Gasteiger partial charge is 0.290 e. The van der Waals surface area contributed by atoms with Crippen LogP contribution in [0.15, 0.2) is 59.1 Å². The monoisotopic (exact) mass is 401 g/mol. The number of carbonyl (C=O) groups is 1. The van der Waals surface area contributed by atoms with Gasteiger partial charge in [0.25, 0.3) is 11.5 Å². The van der Waals surface area contributed by atoms with Gasteiger partial charge in [-0.25, -0.2) is 10.1 Å². The van der Waals surface area contributed by atoms with Crippen molar-refractivity contribution in [2.75, 3.05) is 6.54 Å². The molecule has 30 heavy (non-hydrogen) atoms. The number of hydrogen-bond acceptors (Lipinski definition) is 6. The van der Waals surface area contributed by atoms with E-state index in [4.69, 9.17) is 5.41 Å². The highest BCUT2D eigenvalue weighted by Crippen LogP contribution is 2.26. The number of amides is 1. The zero-order chi connectivity index (χ0) is 20.8. The van der Waals surface area contributed by atoms with Crippen LogP contribution in [0.2, 0.25) is 0 Å². The molecule has 0 saturated carbocycles. The van der Waals surface area contributed by atoms with Crippen molar-refractivity contribution in [1.29, 1.82) is 5.41 Å². The van der Waals surface area contributed by atoms with E-state index < -0.39 is 11.5 Å². The van der Waals surface area contributed by atoms with Crippen LogP contribution in [0.3, 0.4) is 0 Å². The summed E-state index contributed by atoms with van der Waals surface area (Å²) >= 11 is 0. The Morgan fingerprint density at radius 2 is 1.87 bits per heavy atom. The summed E-state index contributed by atoms with van der Waals surface area (Å²) in [6, 6.07) is 14.0. The average molecular weight is 401 g/mol. The van der Waals surface area contributed by atoms with Gasteiger partial charge in [0.05, 0.1) is 23.0 Å². The second-order valence-corrected chi connectivity index (χ2v) is 6.75. The SMILES string of the molecule is N=C1C(c2nc3ccccc3[nH]2)=C(O)CN1NC(=O)c1n[nH]c(=O)c2ccccc12. The van der Waals surface area contributed by atoms with Crippen LogP contribution in [0, 0.1) is 5.41 Å². The lowest BCUT2D eigenvalue weighted by molar-refractivity contribution is 0.0870. The molecule has 1 aliphatic rings. The Morgan fingerprint density at radius 1 is 1.13 bits per heavy atom. The molecule has 0 unspecified atom stereocenters. The molecule has 148 valence electrons. The van der Waals surface area contributed by atoms with Crippen LogP contribution in [0.4, 0.5) is 0 Å². The Bertz CT molecular complexity index is 1400. The topological polar surface area (TPSA) is 151 Å². The average Bonchev–Trinajstić information content (AvgIpc) is 3.28. The van der Waals surface area contributed by atoms with Crippen LogP contribution in [-0.4, -0.2) is 48.6 Å². The van der Waals surface area contributed by atoms with E-state index in [0.29, 0.717) is 22.1 Å². The van der Waals surface area contributed by atoms with Crippen LogP contribution >= 0.6 is 0 Å². The van der Waals surface area contributed by atoms with Gasteiger partial charge in [0.2, 0.25) is 0 Å². The van der Waals surface area contributed by atoms with E-state index in [1.54, 1.807) is 24.3 Å². The van der Waals surface area contributed by atoms with Crippen molar-refractivity contribution < 1.29 is 9.90 Å². The van der Waals surface area contributed by atoms with Gasteiger partial charge >= 0.3 is 0 Å². The molecular weight excluding hydrogens is 386 g/mol. The van der Waals surface area contributed by atoms with E-state index in [2.05, 4.69) is 25.6 Å². The minimum Gasteiger partial charge on any atom is -0.509 e. The van der Waals surface area contributed by atoms with Gasteiger partial charge in [-0.05, 0) is 18.2 Å². The number of H-pyrrole nitrogens is 2. The van der Waals surface area contributed by atoms with Crippen molar-refractivity contribution in [2.24, 2.45) is 0 Å². The molecule has 5 N–H and O–H groups in total. The molecule has 0 atom stereocenters. The number of para-hydroxylation sites is 2. The number of amidine groups is 1. The number of hydrazine groups is 1. The summed E-state index contributed by atoms with van der Waals surface area (Å²) in [4.78, 5) is 32.2. The Kier molecular flexibility index (Phi) is 3.85. The lowest BCUT2D eigenvalue weighted by Crippen LogP contribution is -2.44. The summed E-state index contributed by atoms with van der Waals surface area (Å²) in [6.07, 6.45) is 0.